The second-order valence-electron chi connectivity index (χ2n) is 5.03. The Hall–Kier alpha value is -0.900. The minimum atomic E-state index is 0.277. The van der Waals surface area contributed by atoms with Crippen molar-refractivity contribution in [2.45, 2.75) is 25.8 Å². The molecule has 0 aromatic heterocycles. The highest BCUT2D eigenvalue weighted by Gasteiger charge is 2.17. The van der Waals surface area contributed by atoms with Crippen LogP contribution in [0.15, 0.2) is 24.3 Å². The third kappa shape index (κ3) is 3.55. The summed E-state index contributed by atoms with van der Waals surface area (Å²) in [5.41, 5.74) is 2.71. The largest absolute Gasteiger partial charge is 0.396 e. The number of nitrogens with one attached hydrogen (secondary N) is 1. The fourth-order valence-electron chi connectivity index (χ4n) is 2.53. The smallest absolute Gasteiger partial charge is 0.0434 e. The van der Waals surface area contributed by atoms with E-state index in [1.807, 2.05) is 0 Å². The van der Waals surface area contributed by atoms with Crippen LogP contribution in [-0.4, -0.2) is 42.8 Å². The van der Waals surface area contributed by atoms with Crippen molar-refractivity contribution < 1.29 is 5.11 Å². The molecule has 0 radical (unpaired) electrons. The van der Waals surface area contributed by atoms with Gasteiger partial charge in [-0.15, -0.1) is 0 Å². The molecule has 18 heavy (non-hydrogen) atoms. The molecule has 1 aliphatic rings. The van der Waals surface area contributed by atoms with Crippen LogP contribution in [-0.2, 0) is 6.42 Å². The maximum atomic E-state index is 8.83. The van der Waals surface area contributed by atoms with E-state index in [4.69, 9.17) is 5.11 Å². The monoisotopic (exact) mass is 248 g/mol. The molecule has 2 N–H and O–H groups in total. The van der Waals surface area contributed by atoms with E-state index in [1.54, 1.807) is 0 Å². The Morgan fingerprint density at radius 3 is 2.50 bits per heavy atom. The number of hydrogen-bond donors (Lipinski definition) is 2. The van der Waals surface area contributed by atoms with Crippen LogP contribution in [0.4, 0.5) is 0 Å². The van der Waals surface area contributed by atoms with Crippen molar-refractivity contribution in [1.82, 2.24) is 10.2 Å². The van der Waals surface area contributed by atoms with E-state index in [0.717, 1.165) is 39.0 Å². The van der Waals surface area contributed by atoms with Crippen LogP contribution in [0.3, 0.4) is 0 Å². The molecule has 0 aliphatic carbocycles. The predicted octanol–water partition coefficient (Wildman–Crippen LogP) is 1.58. The van der Waals surface area contributed by atoms with Gasteiger partial charge in [0.15, 0.2) is 0 Å². The molecule has 0 saturated carbocycles. The lowest BCUT2D eigenvalue weighted by Crippen LogP contribution is -2.44. The van der Waals surface area contributed by atoms with E-state index in [0.29, 0.717) is 6.04 Å². The van der Waals surface area contributed by atoms with Gasteiger partial charge in [-0.25, -0.2) is 0 Å². The second kappa shape index (κ2) is 6.88. The fraction of sp³-hybridized carbons (Fsp3) is 0.600. The lowest BCUT2D eigenvalue weighted by atomic mass is 10.0. The highest BCUT2D eigenvalue weighted by Crippen LogP contribution is 2.21. The van der Waals surface area contributed by atoms with E-state index in [1.165, 1.54) is 11.1 Å². The summed E-state index contributed by atoms with van der Waals surface area (Å²) < 4.78 is 0. The fourth-order valence-corrected chi connectivity index (χ4v) is 2.53. The highest BCUT2D eigenvalue weighted by atomic mass is 16.2. The van der Waals surface area contributed by atoms with Crippen molar-refractivity contribution in [3.05, 3.63) is 35.4 Å². The SMILES string of the molecule is CC(c1ccc(CCCO)cc1)N1CCNCC1. The first-order valence-corrected chi connectivity index (χ1v) is 6.95. The molecule has 1 fully saturated rings. The number of aliphatic hydroxyl groups excluding tert-OH is 1. The van der Waals surface area contributed by atoms with Crippen LogP contribution in [0.2, 0.25) is 0 Å². The summed E-state index contributed by atoms with van der Waals surface area (Å²) in [6.07, 6.45) is 1.82. The Kier molecular flexibility index (Phi) is 5.17. The number of benzene rings is 1. The minimum absolute atomic E-state index is 0.277. The van der Waals surface area contributed by atoms with Crippen LogP contribution < -0.4 is 5.32 Å². The minimum Gasteiger partial charge on any atom is -0.396 e. The molecule has 100 valence electrons. The molecule has 2 rings (SSSR count). The second-order valence-corrected chi connectivity index (χ2v) is 5.03. The van der Waals surface area contributed by atoms with E-state index in [2.05, 4.69) is 41.4 Å². The highest BCUT2D eigenvalue weighted by molar-refractivity contribution is 5.25. The molecule has 1 aliphatic heterocycles. The standard InChI is InChI=1S/C15H24N2O/c1-13(17-10-8-16-9-11-17)15-6-4-14(5-7-15)3-2-12-18/h4-7,13,16,18H,2-3,8-12H2,1H3. The predicted molar refractivity (Wildman–Crippen MR) is 74.7 cm³/mol. The van der Waals surface area contributed by atoms with Gasteiger partial charge in [0.25, 0.3) is 0 Å². The first-order chi connectivity index (χ1) is 8.81. The van der Waals surface area contributed by atoms with Crippen molar-refractivity contribution in [3.8, 4) is 0 Å². The summed E-state index contributed by atoms with van der Waals surface area (Å²) in [6.45, 7) is 7.02. The van der Waals surface area contributed by atoms with Gasteiger partial charge < -0.3 is 10.4 Å². The van der Waals surface area contributed by atoms with Crippen molar-refractivity contribution in [1.29, 1.82) is 0 Å². The van der Waals surface area contributed by atoms with Gasteiger partial charge in [0.2, 0.25) is 0 Å². The molecule has 0 amide bonds. The molecule has 1 heterocycles. The summed E-state index contributed by atoms with van der Waals surface area (Å²) in [5.74, 6) is 0. The van der Waals surface area contributed by atoms with Gasteiger partial charge >= 0.3 is 0 Å². The van der Waals surface area contributed by atoms with Gasteiger partial charge in [-0.05, 0) is 30.9 Å². The molecule has 3 heteroatoms. The van der Waals surface area contributed by atoms with E-state index < -0.39 is 0 Å². The summed E-state index contributed by atoms with van der Waals surface area (Å²) in [6, 6.07) is 9.37. The Labute approximate surface area is 110 Å². The molecule has 1 aromatic carbocycles. The number of hydrogen-bond acceptors (Lipinski definition) is 3. The van der Waals surface area contributed by atoms with Crippen LogP contribution in [0.5, 0.6) is 0 Å². The van der Waals surface area contributed by atoms with Crippen LogP contribution >= 0.6 is 0 Å². The number of rotatable bonds is 5. The van der Waals surface area contributed by atoms with Crippen molar-refractivity contribution in [2.24, 2.45) is 0 Å². The molecule has 0 spiro atoms. The van der Waals surface area contributed by atoms with Gasteiger partial charge in [0.05, 0.1) is 0 Å². The maximum Gasteiger partial charge on any atom is 0.0434 e. The van der Waals surface area contributed by atoms with E-state index >= 15 is 0 Å². The Bertz CT molecular complexity index is 344. The lowest BCUT2D eigenvalue weighted by molar-refractivity contribution is 0.185. The number of piperazine rings is 1. The number of nitrogens with zero attached hydrogens (tertiary/aromatic N) is 1. The van der Waals surface area contributed by atoms with Crippen molar-refractivity contribution in [2.75, 3.05) is 32.8 Å². The van der Waals surface area contributed by atoms with Gasteiger partial charge in [-0.3, -0.25) is 4.90 Å². The summed E-state index contributed by atoms with van der Waals surface area (Å²) in [7, 11) is 0. The average Bonchev–Trinajstić information content (AvgIpc) is 2.46. The van der Waals surface area contributed by atoms with Gasteiger partial charge in [-0.1, -0.05) is 24.3 Å². The number of aliphatic hydroxyl groups is 1. The normalized spacial score (nSPS) is 18.8. The third-order valence-corrected chi connectivity index (χ3v) is 3.78. The lowest BCUT2D eigenvalue weighted by Gasteiger charge is -2.33. The quantitative estimate of drug-likeness (QED) is 0.830. The molecule has 1 saturated heterocycles. The molecular formula is C15H24N2O. The van der Waals surface area contributed by atoms with E-state index in [9.17, 15) is 0 Å². The summed E-state index contributed by atoms with van der Waals surface area (Å²) in [4.78, 5) is 2.53. The molecule has 1 atom stereocenters. The van der Waals surface area contributed by atoms with E-state index in [-0.39, 0.29) is 6.61 Å². The Morgan fingerprint density at radius 2 is 1.89 bits per heavy atom. The van der Waals surface area contributed by atoms with Crippen LogP contribution in [0, 0.1) is 0 Å². The summed E-state index contributed by atoms with van der Waals surface area (Å²) >= 11 is 0. The molecule has 3 nitrogen and oxygen atoms in total. The average molecular weight is 248 g/mol. The zero-order chi connectivity index (χ0) is 12.8. The van der Waals surface area contributed by atoms with Gasteiger partial charge in [0, 0.05) is 38.8 Å². The first-order valence-electron chi connectivity index (χ1n) is 6.95. The van der Waals surface area contributed by atoms with Crippen LogP contribution in [0.25, 0.3) is 0 Å². The zero-order valence-corrected chi connectivity index (χ0v) is 11.2. The van der Waals surface area contributed by atoms with Crippen LogP contribution in [0.1, 0.15) is 30.5 Å². The number of aryl methyl sites for hydroxylation is 1. The van der Waals surface area contributed by atoms with Crippen molar-refractivity contribution >= 4 is 0 Å². The maximum absolute atomic E-state index is 8.83. The molecule has 1 unspecified atom stereocenters. The molecule has 0 bridgehead atoms. The van der Waals surface area contributed by atoms with Crippen molar-refractivity contribution in [3.63, 3.8) is 0 Å². The first kappa shape index (κ1) is 13.5. The molecular weight excluding hydrogens is 224 g/mol. The summed E-state index contributed by atoms with van der Waals surface area (Å²) in [5, 5.41) is 12.2. The topological polar surface area (TPSA) is 35.5 Å². The van der Waals surface area contributed by atoms with Gasteiger partial charge in [0.1, 0.15) is 0 Å². The Balaban J connectivity index is 1.95. The molecule has 1 aromatic rings. The third-order valence-electron chi connectivity index (χ3n) is 3.78. The van der Waals surface area contributed by atoms with Gasteiger partial charge in [-0.2, -0.15) is 0 Å². The Morgan fingerprint density at radius 1 is 1.22 bits per heavy atom. The zero-order valence-electron chi connectivity index (χ0n) is 11.2.